The van der Waals surface area contributed by atoms with Crippen LogP contribution in [0.5, 0.6) is 0 Å². The highest BCUT2D eigenvalue weighted by Gasteiger charge is 2.37. The number of nitrogens with one attached hydrogen (secondary N) is 4. The van der Waals surface area contributed by atoms with Crippen LogP contribution in [0.25, 0.3) is 0 Å². The van der Waals surface area contributed by atoms with Gasteiger partial charge in [-0.15, -0.1) is 0 Å². The molecular formula is C37H42N4. The van der Waals surface area contributed by atoms with Crippen LogP contribution < -0.4 is 0 Å². The third-order valence-electron chi connectivity index (χ3n) is 9.61. The van der Waals surface area contributed by atoms with Crippen molar-refractivity contribution >= 4 is 0 Å². The predicted molar refractivity (Wildman–Crippen MR) is 169 cm³/mol. The Kier molecular flexibility index (Phi) is 5.91. The molecule has 0 saturated heterocycles. The Bertz CT molecular complexity index is 1800. The van der Waals surface area contributed by atoms with Crippen molar-refractivity contribution in [1.82, 2.24) is 19.9 Å². The van der Waals surface area contributed by atoms with E-state index < -0.39 is 0 Å². The van der Waals surface area contributed by atoms with Crippen LogP contribution in [0.3, 0.4) is 0 Å². The molecule has 6 rings (SSSR count). The Labute approximate surface area is 244 Å². The number of rotatable bonds is 0. The van der Waals surface area contributed by atoms with Crippen LogP contribution in [0.1, 0.15) is 118 Å². The summed E-state index contributed by atoms with van der Waals surface area (Å²) in [5.74, 6) is 6.98. The number of hydrogen-bond donors (Lipinski definition) is 4. The Hall–Kier alpha value is -4.10. The minimum atomic E-state index is -0.333. The topological polar surface area (TPSA) is 63.2 Å². The molecule has 210 valence electrons. The fraction of sp³-hybridized carbons (Fsp3) is 0.351. The van der Waals surface area contributed by atoms with Gasteiger partial charge in [0.2, 0.25) is 0 Å². The molecule has 4 aromatic heterocycles. The molecule has 0 radical (unpaired) electrons. The smallest absolute Gasteiger partial charge is 0.0469 e. The number of hydrogen-bond acceptors (Lipinski definition) is 0. The van der Waals surface area contributed by atoms with E-state index >= 15 is 0 Å². The fourth-order valence-corrected chi connectivity index (χ4v) is 6.10. The Morgan fingerprint density at radius 2 is 0.829 bits per heavy atom. The highest BCUT2D eigenvalue weighted by Crippen LogP contribution is 2.41. The summed E-state index contributed by atoms with van der Waals surface area (Å²) in [5, 5.41) is 0. The molecule has 0 amide bonds. The molecule has 0 unspecified atom stereocenters. The van der Waals surface area contributed by atoms with Crippen LogP contribution in [-0.4, -0.2) is 19.9 Å². The first-order chi connectivity index (χ1) is 19.2. The molecule has 1 aromatic carbocycles. The second kappa shape index (κ2) is 8.95. The van der Waals surface area contributed by atoms with Crippen molar-refractivity contribution in [2.45, 2.75) is 84.0 Å². The van der Waals surface area contributed by atoms with Gasteiger partial charge in [-0.2, -0.15) is 0 Å². The SMILES string of the molecule is Cc1ccc(C#Cc2cc3[nH]c2C(C)(C)c2ccc([nH]2)C(C)(C)c2ccc([nH]2)C(C)(C)c2ccc([nH]2)C3(C)C)cc1. The minimum absolute atomic E-state index is 0.214. The van der Waals surface area contributed by atoms with Crippen LogP contribution in [-0.2, 0) is 21.7 Å². The maximum absolute atomic E-state index is 3.88. The van der Waals surface area contributed by atoms with Crippen molar-refractivity contribution in [2.24, 2.45) is 0 Å². The number of benzene rings is 1. The lowest BCUT2D eigenvalue weighted by Gasteiger charge is -2.28. The summed E-state index contributed by atoms with van der Waals surface area (Å²) in [5.41, 5.74) is 11.6. The zero-order valence-electron chi connectivity index (χ0n) is 25.9. The van der Waals surface area contributed by atoms with Gasteiger partial charge in [0, 0.05) is 78.3 Å². The number of aromatic amines is 4. The first kappa shape index (κ1) is 27.1. The van der Waals surface area contributed by atoms with Gasteiger partial charge in [-0.1, -0.05) is 29.5 Å². The largest absolute Gasteiger partial charge is 0.361 e. The number of aromatic nitrogens is 4. The van der Waals surface area contributed by atoms with Crippen molar-refractivity contribution in [3.63, 3.8) is 0 Å². The summed E-state index contributed by atoms with van der Waals surface area (Å²) in [6.07, 6.45) is 0. The Balaban J connectivity index is 1.58. The van der Waals surface area contributed by atoms with Gasteiger partial charge in [0.25, 0.3) is 0 Å². The highest BCUT2D eigenvalue weighted by molar-refractivity contribution is 5.53. The van der Waals surface area contributed by atoms with Crippen LogP contribution in [0.4, 0.5) is 0 Å². The zero-order valence-corrected chi connectivity index (χ0v) is 25.9. The lowest BCUT2D eigenvalue weighted by molar-refractivity contribution is 0.545. The molecule has 4 N–H and O–H groups in total. The number of fused-ring (bicyclic) bond motifs is 8. The van der Waals surface area contributed by atoms with Crippen LogP contribution in [0, 0.1) is 18.8 Å². The average Bonchev–Trinajstić information content (AvgIpc) is 3.74. The number of aryl methyl sites for hydroxylation is 1. The summed E-state index contributed by atoms with van der Waals surface area (Å²) in [6.45, 7) is 20.3. The van der Waals surface area contributed by atoms with Gasteiger partial charge >= 0.3 is 0 Å². The third kappa shape index (κ3) is 4.30. The summed E-state index contributed by atoms with van der Waals surface area (Å²) in [6, 6.07) is 24.1. The second-order valence-corrected chi connectivity index (χ2v) is 13.9. The maximum Gasteiger partial charge on any atom is 0.0469 e. The van der Waals surface area contributed by atoms with Crippen molar-refractivity contribution in [3.05, 3.63) is 129 Å². The lowest BCUT2D eigenvalue weighted by atomic mass is 9.83. The highest BCUT2D eigenvalue weighted by atomic mass is 14.9. The first-order valence-corrected chi connectivity index (χ1v) is 14.6. The molecule has 0 spiro atoms. The van der Waals surface area contributed by atoms with Crippen LogP contribution in [0.15, 0.2) is 66.7 Å². The molecule has 0 saturated carbocycles. The van der Waals surface area contributed by atoms with Crippen molar-refractivity contribution in [3.8, 4) is 11.8 Å². The first-order valence-electron chi connectivity index (χ1n) is 14.6. The van der Waals surface area contributed by atoms with E-state index in [4.69, 9.17) is 0 Å². The van der Waals surface area contributed by atoms with E-state index in [-0.39, 0.29) is 21.7 Å². The molecule has 0 fully saturated rings. The molecule has 5 heterocycles. The van der Waals surface area contributed by atoms with E-state index in [9.17, 15) is 0 Å². The van der Waals surface area contributed by atoms with Crippen molar-refractivity contribution < 1.29 is 0 Å². The maximum atomic E-state index is 3.88. The van der Waals surface area contributed by atoms with E-state index in [1.165, 1.54) is 34.0 Å². The molecule has 1 aliphatic heterocycles. The lowest BCUT2D eigenvalue weighted by Crippen LogP contribution is -2.26. The number of H-pyrrole nitrogens is 4. The van der Waals surface area contributed by atoms with E-state index in [0.717, 1.165) is 28.2 Å². The average molecular weight is 543 g/mol. The van der Waals surface area contributed by atoms with Gasteiger partial charge in [0.15, 0.2) is 0 Å². The molecule has 4 nitrogen and oxygen atoms in total. The van der Waals surface area contributed by atoms with Crippen LogP contribution >= 0.6 is 0 Å². The zero-order chi connectivity index (χ0) is 29.4. The van der Waals surface area contributed by atoms with Gasteiger partial charge < -0.3 is 19.9 Å². The quantitative estimate of drug-likeness (QED) is 0.142. The molecule has 0 atom stereocenters. The Morgan fingerprint density at radius 3 is 1.27 bits per heavy atom. The molecular weight excluding hydrogens is 500 g/mol. The standard InChI is InChI=1S/C37H42N4/c1-23-10-12-24(13-11-23)14-15-25-22-32-36(6,7)30-19-18-28(39-30)34(2,3)26-16-17-27(38-26)35(4,5)29-20-21-31(40-29)37(8,9)33(25)41-32/h10-13,16-22,38-41H,1-9H3. The third-order valence-corrected chi connectivity index (χ3v) is 9.61. The van der Waals surface area contributed by atoms with E-state index in [2.05, 4.69) is 161 Å². The van der Waals surface area contributed by atoms with Gasteiger partial charge in [0.1, 0.15) is 0 Å². The monoisotopic (exact) mass is 542 g/mol. The molecule has 8 bridgehead atoms. The molecule has 5 aromatic rings. The molecule has 41 heavy (non-hydrogen) atoms. The van der Waals surface area contributed by atoms with Crippen molar-refractivity contribution in [2.75, 3.05) is 0 Å². The fourth-order valence-electron chi connectivity index (χ4n) is 6.10. The summed E-state index contributed by atoms with van der Waals surface area (Å²) in [7, 11) is 0. The van der Waals surface area contributed by atoms with Gasteiger partial charge in [0.05, 0.1) is 0 Å². The van der Waals surface area contributed by atoms with E-state index in [0.29, 0.717) is 0 Å². The summed E-state index contributed by atoms with van der Waals surface area (Å²) in [4.78, 5) is 15.3. The van der Waals surface area contributed by atoms with E-state index in [1.807, 2.05) is 0 Å². The van der Waals surface area contributed by atoms with Gasteiger partial charge in [-0.3, -0.25) is 0 Å². The Morgan fingerprint density at radius 1 is 0.439 bits per heavy atom. The summed E-state index contributed by atoms with van der Waals surface area (Å²) < 4.78 is 0. The predicted octanol–water partition coefficient (Wildman–Crippen LogP) is 8.32. The van der Waals surface area contributed by atoms with Gasteiger partial charge in [-0.25, -0.2) is 0 Å². The van der Waals surface area contributed by atoms with Crippen LogP contribution in [0.2, 0.25) is 0 Å². The molecule has 4 heteroatoms. The summed E-state index contributed by atoms with van der Waals surface area (Å²) >= 11 is 0. The van der Waals surface area contributed by atoms with Gasteiger partial charge in [-0.05, 0) is 117 Å². The normalized spacial score (nSPS) is 18.0. The van der Waals surface area contributed by atoms with E-state index in [1.54, 1.807) is 0 Å². The molecule has 0 aliphatic carbocycles. The molecule has 1 aliphatic rings. The van der Waals surface area contributed by atoms with Crippen molar-refractivity contribution in [1.29, 1.82) is 0 Å². The minimum Gasteiger partial charge on any atom is -0.361 e. The second-order valence-electron chi connectivity index (χ2n) is 13.9.